The molecule has 3 aromatic rings. The minimum atomic E-state index is -3.82. The van der Waals surface area contributed by atoms with E-state index in [1.165, 1.54) is 30.3 Å². The maximum absolute atomic E-state index is 13.4. The lowest BCUT2D eigenvalue weighted by Gasteiger charge is -2.08. The highest BCUT2D eigenvalue weighted by Crippen LogP contribution is 2.23. The van der Waals surface area contributed by atoms with Crippen LogP contribution in [-0.2, 0) is 10.0 Å². The topological polar surface area (TPSA) is 180 Å². The third-order valence-corrected chi connectivity index (χ3v) is 6.42. The molecule has 0 saturated carbocycles. The van der Waals surface area contributed by atoms with Crippen molar-refractivity contribution >= 4 is 49.3 Å². The molecule has 0 fully saturated rings. The van der Waals surface area contributed by atoms with Crippen molar-refractivity contribution in [1.29, 1.82) is 0 Å². The zero-order valence-electron chi connectivity index (χ0n) is 18.4. The smallest absolute Gasteiger partial charge is 0.264 e. The van der Waals surface area contributed by atoms with Gasteiger partial charge in [-0.3, -0.25) is 15.7 Å². The highest BCUT2D eigenvalue weighted by Gasteiger charge is 2.17. The second-order valence-electron chi connectivity index (χ2n) is 7.10. The van der Waals surface area contributed by atoms with Gasteiger partial charge in [0.2, 0.25) is 11.8 Å². The first-order valence-corrected chi connectivity index (χ1v) is 12.4. The van der Waals surface area contributed by atoms with E-state index in [0.29, 0.717) is 18.7 Å². The molecule has 0 unspecified atom stereocenters. The van der Waals surface area contributed by atoms with Crippen LogP contribution < -0.4 is 21.3 Å². The second kappa shape index (κ2) is 11.7. The summed E-state index contributed by atoms with van der Waals surface area (Å²) in [5, 5.41) is 19.9. The summed E-state index contributed by atoms with van der Waals surface area (Å²) in [5.41, 5.74) is 8.97. The molecule has 2 aromatic carbocycles. The lowest BCUT2D eigenvalue weighted by molar-refractivity contribution is 0.234. The third kappa shape index (κ3) is 7.21. The Labute approximate surface area is 208 Å². The molecule has 0 aliphatic carbocycles. The number of aromatic nitrogens is 2. The number of hydrogen-bond donors (Lipinski definition) is 5. The zero-order chi connectivity index (χ0) is 25.4. The Bertz CT molecular complexity index is 1330. The van der Waals surface area contributed by atoms with Crippen LogP contribution in [0.1, 0.15) is 17.7 Å². The first kappa shape index (κ1) is 26.1. The predicted octanol–water partition coefficient (Wildman–Crippen LogP) is 2.43. The minimum Gasteiger partial charge on any atom is -0.369 e. The zero-order valence-corrected chi connectivity index (χ0v) is 20.8. The van der Waals surface area contributed by atoms with Gasteiger partial charge in [0.15, 0.2) is 11.5 Å². The fourth-order valence-corrected chi connectivity index (χ4v) is 4.02. The van der Waals surface area contributed by atoms with Gasteiger partial charge in [-0.05, 0) is 69.9 Å². The normalized spacial score (nSPS) is 12.5. The molecular formula is C20H22BrFN8O4S. The Morgan fingerprint density at radius 1 is 1.23 bits per heavy atom. The standard InChI is InChI=1S/C20H22BrFN8O4S/c1-12-3-6-14(7-4-12)35(32,33)30-20(23)25-10-2-9-24-18-17(28-34-29-18)19(27-31)26-13-5-8-16(22)15(21)11-13/h3-8,11,31H,2,9-10H2,1H3,(H,24,29)(H,26,27)(H3,23,25,30). The van der Waals surface area contributed by atoms with Gasteiger partial charge in [0.1, 0.15) is 5.82 Å². The van der Waals surface area contributed by atoms with Gasteiger partial charge >= 0.3 is 0 Å². The summed E-state index contributed by atoms with van der Waals surface area (Å²) in [5.74, 6) is -0.596. The van der Waals surface area contributed by atoms with Crippen LogP contribution in [0.2, 0.25) is 0 Å². The Morgan fingerprint density at radius 2 is 1.97 bits per heavy atom. The summed E-state index contributed by atoms with van der Waals surface area (Å²) < 4.78 is 45.2. The molecule has 0 aliphatic heterocycles. The maximum Gasteiger partial charge on any atom is 0.264 e. The van der Waals surface area contributed by atoms with Crippen LogP contribution in [0.15, 0.2) is 66.4 Å². The highest BCUT2D eigenvalue weighted by atomic mass is 79.9. The molecule has 3 rings (SSSR count). The van der Waals surface area contributed by atoms with Crippen molar-refractivity contribution in [3.63, 3.8) is 0 Å². The van der Waals surface area contributed by atoms with Gasteiger partial charge in [0.05, 0.1) is 15.1 Å². The van der Waals surface area contributed by atoms with E-state index in [-0.39, 0.29) is 39.2 Å². The molecule has 0 amide bonds. The van der Waals surface area contributed by atoms with E-state index < -0.39 is 15.8 Å². The van der Waals surface area contributed by atoms with Crippen molar-refractivity contribution in [3.8, 4) is 0 Å². The maximum atomic E-state index is 13.4. The molecule has 0 atom stereocenters. The number of aliphatic imine (C=N–C) groups is 2. The number of sulfonamides is 1. The number of halogens is 2. The molecule has 0 radical (unpaired) electrons. The van der Waals surface area contributed by atoms with E-state index in [2.05, 4.69) is 46.3 Å². The highest BCUT2D eigenvalue weighted by molar-refractivity contribution is 9.10. The summed E-state index contributed by atoms with van der Waals surface area (Å²) in [6.45, 7) is 2.40. The van der Waals surface area contributed by atoms with Crippen molar-refractivity contribution in [2.45, 2.75) is 18.2 Å². The average molecular weight is 569 g/mol. The fraction of sp³-hybridized carbons (Fsp3) is 0.200. The second-order valence-corrected chi connectivity index (χ2v) is 9.63. The van der Waals surface area contributed by atoms with Gasteiger partial charge in [-0.1, -0.05) is 17.7 Å². The number of nitrogens with two attached hydrogens (primary N) is 1. The van der Waals surface area contributed by atoms with E-state index in [1.807, 2.05) is 12.4 Å². The molecule has 15 heteroatoms. The van der Waals surface area contributed by atoms with Crippen LogP contribution >= 0.6 is 15.9 Å². The lowest BCUT2D eigenvalue weighted by atomic mass is 10.2. The molecule has 0 bridgehead atoms. The number of hydrogen-bond acceptors (Lipinski definition) is 9. The van der Waals surface area contributed by atoms with Crippen molar-refractivity contribution < 1.29 is 22.6 Å². The lowest BCUT2D eigenvalue weighted by Crippen LogP contribution is -2.37. The largest absolute Gasteiger partial charge is 0.369 e. The third-order valence-electron chi connectivity index (χ3n) is 4.44. The van der Waals surface area contributed by atoms with Crippen LogP contribution in [0.4, 0.5) is 15.9 Å². The monoisotopic (exact) mass is 568 g/mol. The molecule has 12 nitrogen and oxygen atoms in total. The first-order chi connectivity index (χ1) is 16.7. The number of nitrogens with one attached hydrogen (secondary N) is 3. The number of rotatable bonds is 9. The molecule has 0 spiro atoms. The fourth-order valence-electron chi connectivity index (χ4n) is 2.71. The first-order valence-electron chi connectivity index (χ1n) is 10.1. The number of nitrogens with zero attached hydrogens (tertiary/aromatic N) is 4. The molecule has 0 saturated heterocycles. The summed E-state index contributed by atoms with van der Waals surface area (Å²) in [4.78, 5) is 8.26. The molecule has 1 heterocycles. The summed E-state index contributed by atoms with van der Waals surface area (Å²) >= 11 is 3.07. The van der Waals surface area contributed by atoms with Gasteiger partial charge in [0, 0.05) is 13.1 Å². The number of benzene rings is 2. The quantitative estimate of drug-likeness (QED) is 0.112. The SMILES string of the molecule is Cc1ccc(S(=O)(=O)NC(N)=NCCCNc2nonc2C(=Nc2ccc(F)c(Br)c2)NO)cc1. The average Bonchev–Trinajstić information content (AvgIpc) is 3.28. The van der Waals surface area contributed by atoms with Crippen LogP contribution in [0, 0.1) is 12.7 Å². The Kier molecular flexibility index (Phi) is 8.73. The van der Waals surface area contributed by atoms with Crippen LogP contribution in [0.3, 0.4) is 0 Å². The van der Waals surface area contributed by atoms with Gasteiger partial charge in [-0.2, -0.15) is 0 Å². The molecule has 0 aliphatic rings. The molecular weight excluding hydrogens is 547 g/mol. The van der Waals surface area contributed by atoms with Gasteiger partial charge in [-0.25, -0.2) is 27.2 Å². The van der Waals surface area contributed by atoms with Gasteiger partial charge in [0.25, 0.3) is 10.0 Å². The predicted molar refractivity (Wildman–Crippen MR) is 131 cm³/mol. The van der Waals surface area contributed by atoms with E-state index in [1.54, 1.807) is 12.1 Å². The summed E-state index contributed by atoms with van der Waals surface area (Å²) in [7, 11) is -3.82. The van der Waals surface area contributed by atoms with Crippen LogP contribution in [-0.4, -0.2) is 48.8 Å². The van der Waals surface area contributed by atoms with Gasteiger partial charge in [-0.15, -0.1) is 0 Å². The van der Waals surface area contributed by atoms with E-state index in [9.17, 15) is 18.0 Å². The summed E-state index contributed by atoms with van der Waals surface area (Å²) in [6, 6.07) is 10.4. The summed E-state index contributed by atoms with van der Waals surface area (Å²) in [6.07, 6.45) is 0.448. The molecule has 1 aromatic heterocycles. The number of guanidine groups is 1. The van der Waals surface area contributed by atoms with Gasteiger partial charge < -0.3 is 11.1 Å². The molecule has 6 N–H and O–H groups in total. The van der Waals surface area contributed by atoms with Crippen molar-refractivity contribution in [2.24, 2.45) is 15.7 Å². The van der Waals surface area contributed by atoms with Crippen molar-refractivity contribution in [1.82, 2.24) is 20.5 Å². The van der Waals surface area contributed by atoms with E-state index in [4.69, 9.17) is 10.4 Å². The number of amidine groups is 1. The number of aryl methyl sites for hydroxylation is 1. The van der Waals surface area contributed by atoms with E-state index in [0.717, 1.165) is 5.56 Å². The van der Waals surface area contributed by atoms with Crippen molar-refractivity contribution in [2.75, 3.05) is 18.4 Å². The Morgan fingerprint density at radius 3 is 2.66 bits per heavy atom. The van der Waals surface area contributed by atoms with Crippen LogP contribution in [0.5, 0.6) is 0 Å². The molecule has 35 heavy (non-hydrogen) atoms. The minimum absolute atomic E-state index is 0.0805. The number of anilines is 1. The van der Waals surface area contributed by atoms with Crippen molar-refractivity contribution in [3.05, 3.63) is 64.0 Å². The number of hydroxylamine groups is 1. The van der Waals surface area contributed by atoms with Crippen LogP contribution in [0.25, 0.3) is 0 Å². The molecule has 186 valence electrons. The Balaban J connectivity index is 1.55. The van der Waals surface area contributed by atoms with E-state index >= 15 is 0 Å². The Hall–Kier alpha value is -3.56.